The predicted octanol–water partition coefficient (Wildman–Crippen LogP) is 4.17. The number of carbonyl (C=O) groups excluding carboxylic acids is 1. The van der Waals surface area contributed by atoms with Gasteiger partial charge in [-0.25, -0.2) is 5.43 Å². The van der Waals surface area contributed by atoms with Crippen molar-refractivity contribution in [3.8, 4) is 11.5 Å². The number of hydrazone groups is 1. The Morgan fingerprint density at radius 2 is 1.71 bits per heavy atom. The third-order valence-corrected chi connectivity index (χ3v) is 5.81. The number of rotatable bonds is 8. The summed E-state index contributed by atoms with van der Waals surface area (Å²) in [4.78, 5) is 11.7. The van der Waals surface area contributed by atoms with Crippen LogP contribution in [0.25, 0.3) is 0 Å². The van der Waals surface area contributed by atoms with Crippen LogP contribution >= 0.6 is 0 Å². The first kappa shape index (κ1) is 24.8. The van der Waals surface area contributed by atoms with Crippen LogP contribution in [0.1, 0.15) is 16.7 Å². The van der Waals surface area contributed by atoms with Gasteiger partial charge in [0.15, 0.2) is 0 Å². The van der Waals surface area contributed by atoms with Gasteiger partial charge in [0.1, 0.15) is 16.4 Å². The van der Waals surface area contributed by atoms with E-state index < -0.39 is 38.2 Å². The lowest BCUT2D eigenvalue weighted by molar-refractivity contribution is -0.137. The van der Waals surface area contributed by atoms with E-state index in [1.165, 1.54) is 31.4 Å². The Kier molecular flexibility index (Phi) is 7.57. The van der Waals surface area contributed by atoms with E-state index in [0.29, 0.717) is 23.4 Å². The molecule has 7 nitrogen and oxygen atoms in total. The number of amides is 1. The molecular formula is C23H19F3N2O5S. The summed E-state index contributed by atoms with van der Waals surface area (Å²) in [5.74, 6) is -0.126. The molecule has 0 spiro atoms. The van der Waals surface area contributed by atoms with Crippen molar-refractivity contribution in [2.75, 3.05) is 7.11 Å². The second-order valence-electron chi connectivity index (χ2n) is 6.88. The zero-order chi connectivity index (χ0) is 24.8. The highest BCUT2D eigenvalue weighted by atomic mass is 32.2. The number of halogens is 3. The van der Waals surface area contributed by atoms with Crippen molar-refractivity contribution in [1.82, 2.24) is 5.43 Å². The van der Waals surface area contributed by atoms with Crippen LogP contribution in [0.5, 0.6) is 11.5 Å². The molecule has 0 fully saturated rings. The van der Waals surface area contributed by atoms with E-state index >= 15 is 0 Å². The van der Waals surface area contributed by atoms with E-state index in [2.05, 4.69) is 10.5 Å². The Hall–Kier alpha value is -3.86. The van der Waals surface area contributed by atoms with Crippen LogP contribution in [0.4, 0.5) is 13.2 Å². The first-order valence-electron chi connectivity index (χ1n) is 9.75. The van der Waals surface area contributed by atoms with Crippen LogP contribution < -0.4 is 14.3 Å². The molecule has 0 atom stereocenters. The topological polar surface area (TPSA) is 94.1 Å². The highest BCUT2D eigenvalue weighted by molar-refractivity contribution is 7.87. The van der Waals surface area contributed by atoms with Gasteiger partial charge >= 0.3 is 16.3 Å². The van der Waals surface area contributed by atoms with Crippen LogP contribution in [0.3, 0.4) is 0 Å². The molecule has 11 heteroatoms. The van der Waals surface area contributed by atoms with Crippen molar-refractivity contribution < 1.29 is 35.3 Å². The molecule has 3 rings (SSSR count). The van der Waals surface area contributed by atoms with Crippen LogP contribution in [0.2, 0.25) is 0 Å². The first-order chi connectivity index (χ1) is 16.1. The largest absolute Gasteiger partial charge is 0.496 e. The second-order valence-corrected chi connectivity index (χ2v) is 8.40. The summed E-state index contributed by atoms with van der Waals surface area (Å²) in [6, 6.07) is 16.3. The molecule has 0 aliphatic heterocycles. The molecule has 0 aromatic heterocycles. The first-order valence-corrected chi connectivity index (χ1v) is 11.2. The second kappa shape index (κ2) is 10.4. The number of ether oxygens (including phenoxy) is 1. The molecule has 3 aromatic carbocycles. The molecule has 3 aromatic rings. The van der Waals surface area contributed by atoms with Gasteiger partial charge in [-0.15, -0.1) is 0 Å². The summed E-state index contributed by atoms with van der Waals surface area (Å²) in [5, 5.41) is 3.64. The fourth-order valence-electron chi connectivity index (χ4n) is 2.94. The molecule has 0 saturated carbocycles. The van der Waals surface area contributed by atoms with Crippen LogP contribution in [0.15, 0.2) is 82.8 Å². The number of alkyl halides is 3. The number of benzene rings is 3. The minimum absolute atomic E-state index is 0.0182. The van der Waals surface area contributed by atoms with Crippen molar-refractivity contribution >= 4 is 22.2 Å². The Morgan fingerprint density at radius 1 is 1.03 bits per heavy atom. The Balaban J connectivity index is 1.86. The van der Waals surface area contributed by atoms with E-state index in [1.54, 1.807) is 30.3 Å². The SMILES string of the molecule is COc1ccccc1CC(=O)NN=Cc1cc(C(F)(F)F)ccc1S(=O)(=O)Oc1ccccc1. The van der Waals surface area contributed by atoms with Crippen LogP contribution in [-0.4, -0.2) is 27.6 Å². The van der Waals surface area contributed by atoms with Crippen molar-refractivity contribution in [3.63, 3.8) is 0 Å². The normalized spacial score (nSPS) is 11.9. The van der Waals surface area contributed by atoms with Gasteiger partial charge in [0.2, 0.25) is 5.91 Å². The van der Waals surface area contributed by atoms with Gasteiger partial charge in [-0.3, -0.25) is 4.79 Å². The molecular weight excluding hydrogens is 473 g/mol. The lowest BCUT2D eigenvalue weighted by atomic mass is 10.1. The summed E-state index contributed by atoms with van der Waals surface area (Å²) in [6.07, 6.45) is -4.03. The zero-order valence-electron chi connectivity index (χ0n) is 17.7. The molecule has 0 radical (unpaired) electrons. The maximum absolute atomic E-state index is 13.2. The average Bonchev–Trinajstić information content (AvgIpc) is 2.79. The molecule has 0 saturated heterocycles. The monoisotopic (exact) mass is 492 g/mol. The molecule has 0 bridgehead atoms. The van der Waals surface area contributed by atoms with Crippen molar-refractivity contribution in [2.24, 2.45) is 5.10 Å². The average molecular weight is 492 g/mol. The molecule has 0 aliphatic carbocycles. The number of hydrogen-bond donors (Lipinski definition) is 1. The summed E-state index contributed by atoms with van der Waals surface area (Å²) in [7, 11) is -3.06. The van der Waals surface area contributed by atoms with Crippen LogP contribution in [-0.2, 0) is 27.5 Å². The molecule has 0 unspecified atom stereocenters. The quantitative estimate of drug-likeness (QED) is 0.289. The highest BCUT2D eigenvalue weighted by Crippen LogP contribution is 2.32. The lowest BCUT2D eigenvalue weighted by Crippen LogP contribution is -2.20. The molecule has 0 heterocycles. The molecule has 1 amide bonds. The molecule has 34 heavy (non-hydrogen) atoms. The van der Waals surface area contributed by atoms with Gasteiger partial charge in [0.25, 0.3) is 0 Å². The van der Waals surface area contributed by atoms with Gasteiger partial charge < -0.3 is 8.92 Å². The maximum Gasteiger partial charge on any atom is 0.416 e. The van der Waals surface area contributed by atoms with Gasteiger partial charge in [-0.2, -0.15) is 26.7 Å². The van der Waals surface area contributed by atoms with Gasteiger partial charge in [-0.1, -0.05) is 36.4 Å². The maximum atomic E-state index is 13.2. The van der Waals surface area contributed by atoms with E-state index in [9.17, 15) is 26.4 Å². The standard InChI is InChI=1S/C23H19F3N2O5S/c1-32-20-10-6-5-7-16(20)14-22(29)28-27-15-17-13-18(23(24,25)26)11-12-21(17)34(30,31)33-19-8-3-2-4-9-19/h2-13,15H,14H2,1H3,(H,28,29). The highest BCUT2D eigenvalue weighted by Gasteiger charge is 2.32. The van der Waals surface area contributed by atoms with Crippen molar-refractivity contribution in [3.05, 3.63) is 89.5 Å². The lowest BCUT2D eigenvalue weighted by Gasteiger charge is -2.12. The third kappa shape index (κ3) is 6.35. The Labute approximate surface area is 194 Å². The summed E-state index contributed by atoms with van der Waals surface area (Å²) in [6.45, 7) is 0. The van der Waals surface area contributed by atoms with Gasteiger partial charge in [0.05, 0.1) is 25.3 Å². The van der Waals surface area contributed by atoms with E-state index in [4.69, 9.17) is 8.92 Å². The number of nitrogens with one attached hydrogen (secondary N) is 1. The number of para-hydroxylation sites is 2. The Morgan fingerprint density at radius 3 is 2.38 bits per heavy atom. The minimum Gasteiger partial charge on any atom is -0.496 e. The van der Waals surface area contributed by atoms with Crippen LogP contribution in [0, 0.1) is 0 Å². The molecule has 178 valence electrons. The van der Waals surface area contributed by atoms with E-state index in [0.717, 1.165) is 12.3 Å². The zero-order valence-corrected chi connectivity index (χ0v) is 18.6. The molecule has 1 N–H and O–H groups in total. The fraction of sp³-hybridized carbons (Fsp3) is 0.130. The van der Waals surface area contributed by atoms with E-state index in [-0.39, 0.29) is 12.2 Å². The summed E-state index contributed by atoms with van der Waals surface area (Å²) < 4.78 is 75.2. The molecule has 0 aliphatic rings. The number of methoxy groups -OCH3 is 1. The number of carbonyl (C=O) groups is 1. The van der Waals surface area contributed by atoms with Gasteiger partial charge in [-0.05, 0) is 36.4 Å². The summed E-state index contributed by atoms with van der Waals surface area (Å²) >= 11 is 0. The smallest absolute Gasteiger partial charge is 0.416 e. The van der Waals surface area contributed by atoms with Gasteiger partial charge in [0, 0.05) is 11.1 Å². The van der Waals surface area contributed by atoms with Crippen molar-refractivity contribution in [1.29, 1.82) is 0 Å². The third-order valence-electron chi connectivity index (χ3n) is 4.49. The minimum atomic E-state index is -4.72. The fourth-order valence-corrected chi connectivity index (χ4v) is 4.03. The number of hydrogen-bond acceptors (Lipinski definition) is 6. The van der Waals surface area contributed by atoms with E-state index in [1.807, 2.05) is 0 Å². The Bertz CT molecular complexity index is 1290. The summed E-state index contributed by atoms with van der Waals surface area (Å²) in [5.41, 5.74) is 1.24. The predicted molar refractivity (Wildman–Crippen MR) is 118 cm³/mol. The van der Waals surface area contributed by atoms with Crippen molar-refractivity contribution in [2.45, 2.75) is 17.5 Å². The number of nitrogens with zero attached hydrogens (tertiary/aromatic N) is 1.